The largest absolute Gasteiger partial charge is 0.327 e. The van der Waals surface area contributed by atoms with Crippen molar-refractivity contribution in [1.82, 2.24) is 10.2 Å². The van der Waals surface area contributed by atoms with Gasteiger partial charge in [-0.15, -0.1) is 24.8 Å². The molecular formula is C6H11Cl2N3. The van der Waals surface area contributed by atoms with Gasteiger partial charge in [-0.05, 0) is 12.0 Å². The van der Waals surface area contributed by atoms with Crippen LogP contribution >= 0.6 is 24.8 Å². The smallest absolute Gasteiger partial charge is 0.0522 e. The first-order chi connectivity index (χ1) is 4.36. The summed E-state index contributed by atoms with van der Waals surface area (Å²) in [6.07, 6.45) is 3.82. The van der Waals surface area contributed by atoms with E-state index in [4.69, 9.17) is 5.73 Å². The molecule has 1 aliphatic rings. The number of H-pyrrole nitrogens is 1. The Morgan fingerprint density at radius 2 is 2.18 bits per heavy atom. The molecule has 1 heterocycles. The molecule has 0 fully saturated rings. The average Bonchev–Trinajstić information content (AvgIpc) is 2.22. The molecule has 3 N–H and O–H groups in total. The van der Waals surface area contributed by atoms with Crippen molar-refractivity contribution < 1.29 is 0 Å². The maximum absolute atomic E-state index is 5.68. The van der Waals surface area contributed by atoms with Crippen LogP contribution in [0.15, 0.2) is 6.20 Å². The second kappa shape index (κ2) is 3.95. The highest BCUT2D eigenvalue weighted by Gasteiger charge is 2.18. The highest BCUT2D eigenvalue weighted by atomic mass is 35.5. The lowest BCUT2D eigenvalue weighted by atomic mass is 10.2. The molecule has 11 heavy (non-hydrogen) atoms. The standard InChI is InChI=1S/C6H9N3.2ClH/c7-5-1-4-3-8-9-6(4)2-5;;/h3,5H,1-2,7H2,(H,8,9);2*1H. The summed E-state index contributed by atoms with van der Waals surface area (Å²) in [5, 5.41) is 6.82. The molecule has 64 valence electrons. The molecule has 1 unspecified atom stereocenters. The number of aromatic nitrogens is 2. The molecule has 0 amide bonds. The number of fused-ring (bicyclic) bond motifs is 1. The number of aromatic amines is 1. The third-order valence-corrected chi connectivity index (χ3v) is 1.76. The summed E-state index contributed by atoms with van der Waals surface area (Å²) in [5.74, 6) is 0. The van der Waals surface area contributed by atoms with E-state index in [1.54, 1.807) is 0 Å². The molecule has 0 aromatic carbocycles. The van der Waals surface area contributed by atoms with Crippen molar-refractivity contribution in [2.75, 3.05) is 0 Å². The highest BCUT2D eigenvalue weighted by molar-refractivity contribution is 5.85. The molecule has 0 saturated heterocycles. The van der Waals surface area contributed by atoms with Crippen LogP contribution in [0.25, 0.3) is 0 Å². The van der Waals surface area contributed by atoms with Gasteiger partial charge in [-0.2, -0.15) is 5.10 Å². The summed E-state index contributed by atoms with van der Waals surface area (Å²) in [5.41, 5.74) is 8.20. The summed E-state index contributed by atoms with van der Waals surface area (Å²) >= 11 is 0. The number of rotatable bonds is 0. The predicted octanol–water partition coefficient (Wildman–Crippen LogP) is 0.679. The monoisotopic (exact) mass is 195 g/mol. The SMILES string of the molecule is Cl.Cl.NC1Cc2cn[nH]c2C1. The molecule has 0 bridgehead atoms. The van der Waals surface area contributed by atoms with Crippen LogP contribution in [0.1, 0.15) is 11.3 Å². The Balaban J connectivity index is 0.000000500. The highest BCUT2D eigenvalue weighted by Crippen LogP contribution is 2.16. The first kappa shape index (κ1) is 10.8. The van der Waals surface area contributed by atoms with Crippen LogP contribution in [0.3, 0.4) is 0 Å². The Morgan fingerprint density at radius 1 is 1.45 bits per heavy atom. The van der Waals surface area contributed by atoms with Crippen molar-refractivity contribution in [2.24, 2.45) is 5.73 Å². The van der Waals surface area contributed by atoms with Gasteiger partial charge in [0.05, 0.1) is 6.20 Å². The Morgan fingerprint density at radius 3 is 2.82 bits per heavy atom. The minimum Gasteiger partial charge on any atom is -0.327 e. The van der Waals surface area contributed by atoms with Gasteiger partial charge in [0.1, 0.15) is 0 Å². The van der Waals surface area contributed by atoms with Crippen molar-refractivity contribution in [3.05, 3.63) is 17.5 Å². The van der Waals surface area contributed by atoms with Crippen LogP contribution in [-0.4, -0.2) is 16.2 Å². The average molecular weight is 196 g/mol. The predicted molar refractivity (Wildman–Crippen MR) is 48.5 cm³/mol. The quantitative estimate of drug-likeness (QED) is 0.641. The Bertz CT molecular complexity index is 203. The number of hydrogen-bond donors (Lipinski definition) is 2. The van der Waals surface area contributed by atoms with E-state index >= 15 is 0 Å². The van der Waals surface area contributed by atoms with E-state index < -0.39 is 0 Å². The van der Waals surface area contributed by atoms with Gasteiger partial charge in [0.25, 0.3) is 0 Å². The normalized spacial score (nSPS) is 19.9. The first-order valence-electron chi connectivity index (χ1n) is 3.13. The fraction of sp³-hybridized carbons (Fsp3) is 0.500. The Kier molecular flexibility index (Phi) is 3.86. The second-order valence-corrected chi connectivity index (χ2v) is 2.54. The van der Waals surface area contributed by atoms with Gasteiger partial charge in [-0.25, -0.2) is 0 Å². The van der Waals surface area contributed by atoms with E-state index in [2.05, 4.69) is 10.2 Å². The van der Waals surface area contributed by atoms with Crippen molar-refractivity contribution in [1.29, 1.82) is 0 Å². The lowest BCUT2D eigenvalue weighted by Crippen LogP contribution is -2.19. The fourth-order valence-corrected chi connectivity index (χ4v) is 1.31. The molecule has 0 saturated carbocycles. The van der Waals surface area contributed by atoms with Gasteiger partial charge in [0.15, 0.2) is 0 Å². The molecule has 0 radical (unpaired) electrons. The van der Waals surface area contributed by atoms with Gasteiger partial charge >= 0.3 is 0 Å². The zero-order valence-corrected chi connectivity index (χ0v) is 7.54. The van der Waals surface area contributed by atoms with Crippen LogP contribution in [0.4, 0.5) is 0 Å². The third-order valence-electron chi connectivity index (χ3n) is 1.76. The molecule has 0 aliphatic heterocycles. The topological polar surface area (TPSA) is 54.7 Å². The number of nitrogens with two attached hydrogens (primary N) is 1. The first-order valence-corrected chi connectivity index (χ1v) is 3.13. The van der Waals surface area contributed by atoms with Crippen LogP contribution < -0.4 is 5.73 Å². The zero-order valence-electron chi connectivity index (χ0n) is 5.91. The third kappa shape index (κ3) is 1.86. The number of halogens is 2. The lowest BCUT2D eigenvalue weighted by Gasteiger charge is -1.95. The maximum Gasteiger partial charge on any atom is 0.0522 e. The molecule has 2 rings (SSSR count). The molecule has 5 heteroatoms. The van der Waals surface area contributed by atoms with Crippen molar-refractivity contribution in [3.8, 4) is 0 Å². The van der Waals surface area contributed by atoms with E-state index in [1.807, 2.05) is 6.20 Å². The summed E-state index contributed by atoms with van der Waals surface area (Å²) in [4.78, 5) is 0. The van der Waals surface area contributed by atoms with Crippen LogP contribution in [-0.2, 0) is 12.8 Å². The summed E-state index contributed by atoms with van der Waals surface area (Å²) in [6, 6.07) is 0.328. The molecule has 1 aliphatic carbocycles. The van der Waals surface area contributed by atoms with E-state index in [0.717, 1.165) is 12.8 Å². The molecular weight excluding hydrogens is 185 g/mol. The van der Waals surface area contributed by atoms with Crippen LogP contribution in [0, 0.1) is 0 Å². The minimum atomic E-state index is 0. The van der Waals surface area contributed by atoms with Crippen molar-refractivity contribution in [2.45, 2.75) is 18.9 Å². The Hall–Kier alpha value is -0.250. The van der Waals surface area contributed by atoms with Crippen LogP contribution in [0.5, 0.6) is 0 Å². The number of hydrogen-bond acceptors (Lipinski definition) is 2. The van der Waals surface area contributed by atoms with Gasteiger partial charge < -0.3 is 5.73 Å². The molecule has 1 atom stereocenters. The van der Waals surface area contributed by atoms with E-state index in [0.29, 0.717) is 6.04 Å². The van der Waals surface area contributed by atoms with Crippen LogP contribution in [0.2, 0.25) is 0 Å². The number of nitrogens with zero attached hydrogens (tertiary/aromatic N) is 1. The fourth-order valence-electron chi connectivity index (χ4n) is 1.31. The summed E-state index contributed by atoms with van der Waals surface area (Å²) < 4.78 is 0. The Labute approximate surface area is 77.6 Å². The maximum atomic E-state index is 5.68. The molecule has 1 aromatic rings. The zero-order chi connectivity index (χ0) is 6.27. The summed E-state index contributed by atoms with van der Waals surface area (Å²) in [6.45, 7) is 0. The van der Waals surface area contributed by atoms with Gasteiger partial charge in [-0.3, -0.25) is 5.10 Å². The molecule has 1 aromatic heterocycles. The second-order valence-electron chi connectivity index (χ2n) is 2.54. The van der Waals surface area contributed by atoms with Crippen molar-refractivity contribution in [3.63, 3.8) is 0 Å². The lowest BCUT2D eigenvalue weighted by molar-refractivity contribution is 0.705. The van der Waals surface area contributed by atoms with E-state index in [-0.39, 0.29) is 24.8 Å². The van der Waals surface area contributed by atoms with Gasteiger partial charge in [-0.1, -0.05) is 0 Å². The number of nitrogens with one attached hydrogen (secondary N) is 1. The summed E-state index contributed by atoms with van der Waals surface area (Å²) in [7, 11) is 0. The minimum absolute atomic E-state index is 0. The van der Waals surface area contributed by atoms with Gasteiger partial charge in [0.2, 0.25) is 0 Å². The molecule has 0 spiro atoms. The van der Waals surface area contributed by atoms with E-state index in [9.17, 15) is 0 Å². The van der Waals surface area contributed by atoms with Gasteiger partial charge in [0, 0.05) is 18.2 Å². The molecule has 3 nitrogen and oxygen atoms in total. The van der Waals surface area contributed by atoms with Crippen molar-refractivity contribution >= 4 is 24.8 Å². The van der Waals surface area contributed by atoms with E-state index in [1.165, 1.54) is 11.3 Å².